The highest BCUT2D eigenvalue weighted by Gasteiger charge is 2.25. The van der Waals surface area contributed by atoms with E-state index in [9.17, 15) is 8.42 Å². The molecule has 0 unspecified atom stereocenters. The molecule has 0 amide bonds. The lowest BCUT2D eigenvalue weighted by molar-refractivity contribution is 0.330. The molecule has 18 heavy (non-hydrogen) atoms. The van der Waals surface area contributed by atoms with Crippen molar-refractivity contribution in [3.63, 3.8) is 0 Å². The molecule has 0 bridgehead atoms. The first kappa shape index (κ1) is 14.8. The maximum Gasteiger partial charge on any atom is 0.244 e. The smallest absolute Gasteiger partial charge is 0.244 e. The summed E-state index contributed by atoms with van der Waals surface area (Å²) in [4.78, 5) is 0.0688. The standard InChI is InChI=1S/C12H20N2O3S/c1-5-17-10-7-6-9(13)8-11(10)18(15,16)14-12(2,3)4/h6-8,14H,5,13H2,1-4H3. The van der Waals surface area contributed by atoms with E-state index in [0.29, 0.717) is 18.0 Å². The molecule has 0 aliphatic rings. The van der Waals surface area contributed by atoms with Gasteiger partial charge in [-0.25, -0.2) is 13.1 Å². The van der Waals surface area contributed by atoms with E-state index in [4.69, 9.17) is 10.5 Å². The molecule has 0 fully saturated rings. The lowest BCUT2D eigenvalue weighted by Gasteiger charge is -2.21. The van der Waals surface area contributed by atoms with Crippen LogP contribution in [0.15, 0.2) is 23.1 Å². The molecule has 1 rings (SSSR count). The zero-order valence-electron chi connectivity index (χ0n) is 11.1. The van der Waals surface area contributed by atoms with E-state index in [1.807, 2.05) is 0 Å². The molecule has 0 aliphatic carbocycles. The van der Waals surface area contributed by atoms with Gasteiger partial charge in [-0.05, 0) is 45.9 Å². The monoisotopic (exact) mass is 272 g/mol. The number of nitrogen functional groups attached to an aromatic ring is 1. The molecule has 5 nitrogen and oxygen atoms in total. The van der Waals surface area contributed by atoms with Crippen molar-refractivity contribution < 1.29 is 13.2 Å². The number of ether oxygens (including phenoxy) is 1. The van der Waals surface area contributed by atoms with Crippen LogP contribution in [0.5, 0.6) is 5.75 Å². The van der Waals surface area contributed by atoms with Crippen LogP contribution in [-0.2, 0) is 10.0 Å². The van der Waals surface area contributed by atoms with Crippen LogP contribution in [0.25, 0.3) is 0 Å². The zero-order valence-corrected chi connectivity index (χ0v) is 12.0. The molecular weight excluding hydrogens is 252 g/mol. The van der Waals surface area contributed by atoms with E-state index in [1.54, 1.807) is 39.8 Å². The lowest BCUT2D eigenvalue weighted by Crippen LogP contribution is -2.40. The van der Waals surface area contributed by atoms with Crippen LogP contribution in [-0.4, -0.2) is 20.6 Å². The molecular formula is C12H20N2O3S. The average molecular weight is 272 g/mol. The Labute approximate surface area is 108 Å². The van der Waals surface area contributed by atoms with Crippen molar-refractivity contribution in [2.75, 3.05) is 12.3 Å². The second kappa shape index (κ2) is 5.16. The molecule has 0 heterocycles. The van der Waals surface area contributed by atoms with Gasteiger partial charge in [0.25, 0.3) is 0 Å². The summed E-state index contributed by atoms with van der Waals surface area (Å²) < 4.78 is 32.4. The Morgan fingerprint density at radius 3 is 2.44 bits per heavy atom. The molecule has 3 N–H and O–H groups in total. The van der Waals surface area contributed by atoms with Gasteiger partial charge in [-0.1, -0.05) is 0 Å². The number of sulfonamides is 1. The van der Waals surface area contributed by atoms with Crippen LogP contribution in [0.3, 0.4) is 0 Å². The summed E-state index contributed by atoms with van der Waals surface area (Å²) >= 11 is 0. The van der Waals surface area contributed by atoms with E-state index < -0.39 is 15.6 Å². The van der Waals surface area contributed by atoms with E-state index in [0.717, 1.165) is 0 Å². The minimum absolute atomic E-state index is 0.0688. The van der Waals surface area contributed by atoms with Crippen LogP contribution in [0.1, 0.15) is 27.7 Å². The molecule has 0 saturated heterocycles. The normalized spacial score (nSPS) is 12.4. The Kier molecular flexibility index (Phi) is 4.24. The number of rotatable bonds is 4. The van der Waals surface area contributed by atoms with Crippen LogP contribution >= 0.6 is 0 Å². The molecule has 0 saturated carbocycles. The van der Waals surface area contributed by atoms with Crippen LogP contribution in [0.2, 0.25) is 0 Å². The third-order valence-electron chi connectivity index (χ3n) is 2.00. The molecule has 1 aromatic rings. The first-order valence-corrected chi connectivity index (χ1v) is 7.20. The summed E-state index contributed by atoms with van der Waals surface area (Å²) in [6.07, 6.45) is 0. The molecule has 0 spiro atoms. The van der Waals surface area contributed by atoms with Gasteiger partial charge >= 0.3 is 0 Å². The van der Waals surface area contributed by atoms with Gasteiger partial charge in [-0.15, -0.1) is 0 Å². The van der Waals surface area contributed by atoms with Gasteiger partial charge in [0.05, 0.1) is 6.61 Å². The summed E-state index contributed by atoms with van der Waals surface area (Å²) in [6.45, 7) is 7.51. The van der Waals surface area contributed by atoms with Crippen LogP contribution < -0.4 is 15.2 Å². The number of nitrogens with two attached hydrogens (primary N) is 1. The quantitative estimate of drug-likeness (QED) is 0.818. The summed E-state index contributed by atoms with van der Waals surface area (Å²) in [7, 11) is -3.65. The summed E-state index contributed by atoms with van der Waals surface area (Å²) in [6, 6.07) is 4.58. The maximum absolute atomic E-state index is 12.2. The molecule has 1 aromatic carbocycles. The fourth-order valence-corrected chi connectivity index (χ4v) is 3.07. The minimum atomic E-state index is -3.65. The molecule has 6 heteroatoms. The van der Waals surface area contributed by atoms with Gasteiger partial charge in [-0.3, -0.25) is 0 Å². The second-order valence-electron chi connectivity index (χ2n) is 4.99. The highest BCUT2D eigenvalue weighted by atomic mass is 32.2. The van der Waals surface area contributed by atoms with Crippen molar-refractivity contribution in [2.45, 2.75) is 38.1 Å². The summed E-state index contributed by atoms with van der Waals surface area (Å²) in [5, 5.41) is 0. The van der Waals surface area contributed by atoms with Crippen molar-refractivity contribution in [3.05, 3.63) is 18.2 Å². The molecule has 0 aliphatic heterocycles. The predicted octanol–water partition coefficient (Wildman–Crippen LogP) is 1.74. The highest BCUT2D eigenvalue weighted by Crippen LogP contribution is 2.27. The molecule has 0 aromatic heterocycles. The fourth-order valence-electron chi connectivity index (χ4n) is 1.47. The second-order valence-corrected chi connectivity index (χ2v) is 6.65. The van der Waals surface area contributed by atoms with Gasteiger partial charge in [-0.2, -0.15) is 0 Å². The number of anilines is 1. The number of hydrogen-bond acceptors (Lipinski definition) is 4. The predicted molar refractivity (Wildman–Crippen MR) is 72.1 cm³/mol. The van der Waals surface area contributed by atoms with Gasteiger partial charge in [0, 0.05) is 11.2 Å². The summed E-state index contributed by atoms with van der Waals surface area (Å²) in [5.74, 6) is 0.309. The fraction of sp³-hybridized carbons (Fsp3) is 0.500. The van der Waals surface area contributed by atoms with Crippen molar-refractivity contribution >= 4 is 15.7 Å². The van der Waals surface area contributed by atoms with Crippen molar-refractivity contribution in [2.24, 2.45) is 0 Å². The van der Waals surface area contributed by atoms with Crippen molar-refractivity contribution in [1.82, 2.24) is 4.72 Å². The number of benzene rings is 1. The number of nitrogens with one attached hydrogen (secondary N) is 1. The lowest BCUT2D eigenvalue weighted by atomic mass is 10.1. The topological polar surface area (TPSA) is 81.4 Å². The van der Waals surface area contributed by atoms with E-state index in [-0.39, 0.29) is 4.90 Å². The van der Waals surface area contributed by atoms with Crippen molar-refractivity contribution in [3.8, 4) is 5.75 Å². The van der Waals surface area contributed by atoms with Gasteiger partial charge < -0.3 is 10.5 Å². The van der Waals surface area contributed by atoms with Gasteiger partial charge in [0.15, 0.2) is 0 Å². The third-order valence-corrected chi connectivity index (χ3v) is 3.78. The Bertz CT molecular complexity index is 519. The van der Waals surface area contributed by atoms with Gasteiger partial charge in [0.1, 0.15) is 10.6 Å². The molecule has 0 atom stereocenters. The largest absolute Gasteiger partial charge is 0.492 e. The number of hydrogen-bond donors (Lipinski definition) is 2. The Balaban J connectivity index is 3.26. The van der Waals surface area contributed by atoms with Gasteiger partial charge in [0.2, 0.25) is 10.0 Å². The molecule has 102 valence electrons. The van der Waals surface area contributed by atoms with Crippen LogP contribution in [0, 0.1) is 0 Å². The maximum atomic E-state index is 12.2. The van der Waals surface area contributed by atoms with E-state index in [1.165, 1.54) is 6.07 Å². The van der Waals surface area contributed by atoms with Crippen LogP contribution in [0.4, 0.5) is 5.69 Å². The Morgan fingerprint density at radius 2 is 1.94 bits per heavy atom. The first-order chi connectivity index (χ1) is 8.15. The highest BCUT2D eigenvalue weighted by molar-refractivity contribution is 7.89. The SMILES string of the molecule is CCOc1ccc(N)cc1S(=O)(=O)NC(C)(C)C. The average Bonchev–Trinajstić information content (AvgIpc) is 2.17. The Hall–Kier alpha value is -1.27. The molecule has 0 radical (unpaired) electrons. The zero-order chi connectivity index (χ0) is 14.0. The first-order valence-electron chi connectivity index (χ1n) is 5.72. The summed E-state index contributed by atoms with van der Waals surface area (Å²) in [5.41, 5.74) is 5.46. The van der Waals surface area contributed by atoms with E-state index in [2.05, 4.69) is 4.72 Å². The van der Waals surface area contributed by atoms with Crippen molar-refractivity contribution in [1.29, 1.82) is 0 Å². The van der Waals surface area contributed by atoms with E-state index >= 15 is 0 Å². The Morgan fingerprint density at radius 1 is 1.33 bits per heavy atom. The third kappa shape index (κ3) is 3.89. The minimum Gasteiger partial charge on any atom is -0.492 e.